The van der Waals surface area contributed by atoms with E-state index in [-0.39, 0.29) is 18.2 Å². The number of nitrogens with one attached hydrogen (secondary N) is 2. The van der Waals surface area contributed by atoms with Gasteiger partial charge in [-0.25, -0.2) is 4.79 Å². The number of hydrogen-bond acceptors (Lipinski definition) is 2. The molecule has 1 saturated carbocycles. The van der Waals surface area contributed by atoms with Gasteiger partial charge < -0.3 is 15.5 Å². The summed E-state index contributed by atoms with van der Waals surface area (Å²) in [7, 11) is 3.70. The predicted molar refractivity (Wildman–Crippen MR) is 88.3 cm³/mol. The van der Waals surface area contributed by atoms with Crippen LogP contribution in [0.15, 0.2) is 18.2 Å². The standard InChI is InChI=1S/C17H21F6N3O/c1-26(2)14-6-4-3-5-13(14)25-15(27)24-12-8-10(16(18,19)20)7-11(9-12)17(21,22)23/h7-9,13-14H,3-6H2,1-2H3,(H2,24,25,27)/t13-,14?/m1/s1. The van der Waals surface area contributed by atoms with Gasteiger partial charge >= 0.3 is 18.4 Å². The van der Waals surface area contributed by atoms with E-state index in [9.17, 15) is 31.1 Å². The predicted octanol–water partition coefficient (Wildman–Crippen LogP) is 4.72. The van der Waals surface area contributed by atoms with Gasteiger partial charge in [0.1, 0.15) is 0 Å². The molecule has 2 atom stereocenters. The number of carbonyl (C=O) groups excluding carboxylic acids is 1. The number of nitrogens with zero attached hydrogens (tertiary/aromatic N) is 1. The Bertz CT molecular complexity index is 639. The highest BCUT2D eigenvalue weighted by Crippen LogP contribution is 2.37. The van der Waals surface area contributed by atoms with Crippen molar-refractivity contribution in [1.82, 2.24) is 10.2 Å². The summed E-state index contributed by atoms with van der Waals surface area (Å²) >= 11 is 0. The maximum atomic E-state index is 12.9. The lowest BCUT2D eigenvalue weighted by atomic mass is 9.89. The Kier molecular flexibility index (Phi) is 6.28. The summed E-state index contributed by atoms with van der Waals surface area (Å²) in [6.07, 6.45) is -6.52. The van der Waals surface area contributed by atoms with Gasteiger partial charge in [0, 0.05) is 17.8 Å². The van der Waals surface area contributed by atoms with E-state index in [1.165, 1.54) is 0 Å². The van der Waals surface area contributed by atoms with Crippen LogP contribution in [-0.4, -0.2) is 37.1 Å². The number of benzene rings is 1. The van der Waals surface area contributed by atoms with Crippen LogP contribution in [0.3, 0.4) is 0 Å². The molecule has 1 aliphatic rings. The van der Waals surface area contributed by atoms with Gasteiger partial charge in [0.25, 0.3) is 0 Å². The summed E-state index contributed by atoms with van der Waals surface area (Å²) in [5.41, 5.74) is -3.51. The largest absolute Gasteiger partial charge is 0.416 e. The third-order valence-corrected chi connectivity index (χ3v) is 4.55. The summed E-state index contributed by atoms with van der Waals surface area (Å²) in [6, 6.07) is -0.0237. The maximum absolute atomic E-state index is 12.9. The number of amides is 2. The van der Waals surface area contributed by atoms with Crippen LogP contribution in [-0.2, 0) is 12.4 Å². The highest BCUT2D eigenvalue weighted by Gasteiger charge is 2.37. The first kappa shape index (κ1) is 21.3. The molecule has 152 valence electrons. The van der Waals surface area contributed by atoms with E-state index in [4.69, 9.17) is 0 Å². The van der Waals surface area contributed by atoms with E-state index < -0.39 is 35.2 Å². The molecule has 0 bridgehead atoms. The van der Waals surface area contributed by atoms with Gasteiger partial charge in [0.2, 0.25) is 0 Å². The van der Waals surface area contributed by atoms with Crippen LogP contribution >= 0.6 is 0 Å². The van der Waals surface area contributed by atoms with Crippen LogP contribution in [0.25, 0.3) is 0 Å². The molecule has 0 spiro atoms. The number of alkyl halides is 6. The Morgan fingerprint density at radius 2 is 1.48 bits per heavy atom. The molecule has 0 saturated heterocycles. The molecule has 0 aromatic heterocycles. The average Bonchev–Trinajstić information content (AvgIpc) is 2.53. The van der Waals surface area contributed by atoms with Crippen molar-refractivity contribution in [3.63, 3.8) is 0 Å². The van der Waals surface area contributed by atoms with Crippen molar-refractivity contribution >= 4 is 11.7 Å². The van der Waals surface area contributed by atoms with E-state index in [1.807, 2.05) is 19.0 Å². The lowest BCUT2D eigenvalue weighted by Gasteiger charge is -2.36. The van der Waals surface area contributed by atoms with Crippen LogP contribution in [0.5, 0.6) is 0 Å². The quantitative estimate of drug-likeness (QED) is 0.725. The van der Waals surface area contributed by atoms with Crippen LogP contribution in [0.4, 0.5) is 36.8 Å². The van der Waals surface area contributed by atoms with Gasteiger partial charge in [-0.05, 0) is 45.1 Å². The number of likely N-dealkylation sites (N-methyl/N-ethyl adjacent to an activating group) is 1. The van der Waals surface area contributed by atoms with E-state index in [2.05, 4.69) is 10.6 Å². The zero-order chi connectivity index (χ0) is 20.4. The third kappa shape index (κ3) is 5.75. The van der Waals surface area contributed by atoms with Crippen molar-refractivity contribution in [3.8, 4) is 0 Å². The molecule has 1 unspecified atom stereocenters. The van der Waals surface area contributed by atoms with Gasteiger partial charge in [0.15, 0.2) is 0 Å². The van der Waals surface area contributed by atoms with Crippen molar-refractivity contribution in [3.05, 3.63) is 29.3 Å². The maximum Gasteiger partial charge on any atom is 0.416 e. The molecule has 0 aliphatic heterocycles. The number of anilines is 1. The Morgan fingerprint density at radius 1 is 0.963 bits per heavy atom. The second kappa shape index (κ2) is 7.95. The summed E-state index contributed by atoms with van der Waals surface area (Å²) in [5.74, 6) is 0. The molecular formula is C17H21F6N3O. The lowest BCUT2D eigenvalue weighted by molar-refractivity contribution is -0.143. The van der Waals surface area contributed by atoms with Crippen molar-refractivity contribution < 1.29 is 31.1 Å². The molecular weight excluding hydrogens is 376 g/mol. The average molecular weight is 397 g/mol. The first-order valence-electron chi connectivity index (χ1n) is 8.41. The van der Waals surface area contributed by atoms with Gasteiger partial charge in [0.05, 0.1) is 11.1 Å². The minimum atomic E-state index is -4.96. The van der Waals surface area contributed by atoms with Crippen molar-refractivity contribution in [2.45, 2.75) is 50.1 Å². The molecule has 1 aromatic carbocycles. The normalized spacial score (nSPS) is 21.2. The molecule has 0 radical (unpaired) electrons. The Hall–Kier alpha value is -1.97. The third-order valence-electron chi connectivity index (χ3n) is 4.55. The fourth-order valence-electron chi connectivity index (χ4n) is 3.26. The Labute approximate surface area is 152 Å². The summed E-state index contributed by atoms with van der Waals surface area (Å²) in [5, 5.41) is 4.77. The van der Waals surface area contributed by atoms with Gasteiger partial charge in [-0.1, -0.05) is 12.8 Å². The fraction of sp³-hybridized carbons (Fsp3) is 0.588. The van der Waals surface area contributed by atoms with Gasteiger partial charge in [-0.15, -0.1) is 0 Å². The van der Waals surface area contributed by atoms with Crippen LogP contribution in [0.1, 0.15) is 36.8 Å². The van der Waals surface area contributed by atoms with E-state index in [0.717, 1.165) is 19.3 Å². The van der Waals surface area contributed by atoms with Crippen molar-refractivity contribution in [2.24, 2.45) is 0 Å². The van der Waals surface area contributed by atoms with E-state index >= 15 is 0 Å². The molecule has 1 aromatic rings. The molecule has 2 N–H and O–H groups in total. The molecule has 1 fully saturated rings. The zero-order valence-electron chi connectivity index (χ0n) is 14.8. The summed E-state index contributed by atoms with van der Waals surface area (Å²) in [6.45, 7) is 0. The number of rotatable bonds is 3. The fourth-order valence-corrected chi connectivity index (χ4v) is 3.26. The smallest absolute Gasteiger partial charge is 0.334 e. The molecule has 10 heteroatoms. The molecule has 0 heterocycles. The summed E-state index contributed by atoms with van der Waals surface area (Å²) < 4.78 is 77.3. The number of carbonyl (C=O) groups is 1. The van der Waals surface area contributed by atoms with Gasteiger partial charge in [-0.3, -0.25) is 0 Å². The monoisotopic (exact) mass is 397 g/mol. The molecule has 2 amide bonds. The first-order chi connectivity index (χ1) is 12.4. The van der Waals surface area contributed by atoms with E-state index in [1.54, 1.807) is 0 Å². The van der Waals surface area contributed by atoms with Crippen molar-refractivity contribution in [2.75, 3.05) is 19.4 Å². The minimum Gasteiger partial charge on any atom is -0.334 e. The summed E-state index contributed by atoms with van der Waals surface area (Å²) in [4.78, 5) is 14.1. The molecule has 2 rings (SSSR count). The highest BCUT2D eigenvalue weighted by atomic mass is 19.4. The Balaban J connectivity index is 2.19. The number of urea groups is 1. The zero-order valence-corrected chi connectivity index (χ0v) is 14.8. The van der Waals surface area contributed by atoms with Crippen molar-refractivity contribution in [1.29, 1.82) is 0 Å². The van der Waals surface area contributed by atoms with Gasteiger partial charge in [-0.2, -0.15) is 26.3 Å². The second-order valence-electron chi connectivity index (χ2n) is 6.81. The highest BCUT2D eigenvalue weighted by molar-refractivity contribution is 5.89. The Morgan fingerprint density at radius 3 is 1.96 bits per heavy atom. The number of hydrogen-bond donors (Lipinski definition) is 2. The molecule has 27 heavy (non-hydrogen) atoms. The van der Waals surface area contributed by atoms with E-state index in [0.29, 0.717) is 18.6 Å². The lowest BCUT2D eigenvalue weighted by Crippen LogP contribution is -2.52. The van der Waals surface area contributed by atoms with Crippen LogP contribution < -0.4 is 10.6 Å². The number of halogens is 6. The topological polar surface area (TPSA) is 44.4 Å². The first-order valence-corrected chi connectivity index (χ1v) is 8.41. The molecule has 1 aliphatic carbocycles. The van der Waals surface area contributed by atoms with Crippen LogP contribution in [0, 0.1) is 0 Å². The second-order valence-corrected chi connectivity index (χ2v) is 6.81. The molecule has 4 nitrogen and oxygen atoms in total. The van der Waals surface area contributed by atoms with Crippen LogP contribution in [0.2, 0.25) is 0 Å². The SMILES string of the molecule is CN(C)C1CCCC[C@H]1NC(=O)Nc1cc(C(F)(F)F)cc(C(F)(F)F)c1. The minimum absolute atomic E-state index is 0.0201.